The van der Waals surface area contributed by atoms with Crippen molar-refractivity contribution in [2.24, 2.45) is 5.73 Å². The number of aromatic nitrogens is 1. The van der Waals surface area contributed by atoms with E-state index in [4.69, 9.17) is 25.8 Å². The van der Waals surface area contributed by atoms with Crippen LogP contribution in [0.3, 0.4) is 0 Å². The van der Waals surface area contributed by atoms with Gasteiger partial charge in [0.1, 0.15) is 23.3 Å². The monoisotopic (exact) mass is 533 g/mol. The van der Waals surface area contributed by atoms with Crippen molar-refractivity contribution < 1.29 is 37.4 Å². The predicted octanol–water partition coefficient (Wildman–Crippen LogP) is 3.04. The Balaban J connectivity index is 0.000000638. The number of alkyl halides is 3. The highest BCUT2D eigenvalue weighted by atomic mass is 19.4. The highest BCUT2D eigenvalue weighted by Crippen LogP contribution is 2.23. The maximum Gasteiger partial charge on any atom is 0.490 e. The maximum absolute atomic E-state index is 12.5. The fraction of sp³-hybridized carbons (Fsp3) is 0.200. The van der Waals surface area contributed by atoms with E-state index in [2.05, 4.69) is 15.6 Å². The number of nitrogens with one attached hydrogen (secondary N) is 4. The Labute approximate surface area is 215 Å². The molecule has 7 N–H and O–H groups in total. The maximum atomic E-state index is 12.5. The molecular formula is C25H26F3N5O5. The summed E-state index contributed by atoms with van der Waals surface area (Å²) in [5.74, 6) is -2.68. The molecule has 0 saturated heterocycles. The Morgan fingerprint density at radius 1 is 1.08 bits per heavy atom. The fourth-order valence-corrected chi connectivity index (χ4v) is 2.96. The van der Waals surface area contributed by atoms with Crippen LogP contribution in [0.15, 0.2) is 60.8 Å². The van der Waals surface area contributed by atoms with E-state index in [0.29, 0.717) is 17.8 Å². The van der Waals surface area contributed by atoms with Crippen molar-refractivity contribution in [3.05, 3.63) is 77.6 Å². The molecule has 202 valence electrons. The summed E-state index contributed by atoms with van der Waals surface area (Å²) in [6, 6.07) is 15.6. The summed E-state index contributed by atoms with van der Waals surface area (Å²) in [5, 5.41) is 20.0. The van der Waals surface area contributed by atoms with Crippen molar-refractivity contribution >= 4 is 23.6 Å². The second-order valence-corrected chi connectivity index (χ2v) is 7.86. The molecule has 0 bridgehead atoms. The van der Waals surface area contributed by atoms with Gasteiger partial charge < -0.3 is 31.2 Å². The molecule has 2 amide bonds. The van der Waals surface area contributed by atoms with Crippen LogP contribution in [0.25, 0.3) is 11.1 Å². The van der Waals surface area contributed by atoms with Gasteiger partial charge in [-0.3, -0.25) is 15.0 Å². The molecule has 38 heavy (non-hydrogen) atoms. The Kier molecular flexibility index (Phi) is 10.0. The largest absolute Gasteiger partial charge is 0.497 e. The number of amides is 2. The van der Waals surface area contributed by atoms with E-state index in [1.165, 1.54) is 0 Å². The third-order valence-electron chi connectivity index (χ3n) is 5.07. The van der Waals surface area contributed by atoms with Crippen LogP contribution >= 0.6 is 0 Å². The van der Waals surface area contributed by atoms with E-state index in [1.807, 2.05) is 24.3 Å². The van der Waals surface area contributed by atoms with E-state index in [-0.39, 0.29) is 17.6 Å². The Hall–Kier alpha value is -4.81. The summed E-state index contributed by atoms with van der Waals surface area (Å²) in [7, 11) is 1.61. The van der Waals surface area contributed by atoms with E-state index >= 15 is 0 Å². The minimum atomic E-state index is -5.08. The molecule has 0 radical (unpaired) electrons. The average Bonchev–Trinajstić information content (AvgIpc) is 3.38. The number of amidine groups is 1. The molecule has 3 aromatic rings. The molecule has 10 nitrogen and oxygen atoms in total. The normalized spacial score (nSPS) is 11.4. The lowest BCUT2D eigenvalue weighted by atomic mass is 10.1. The summed E-state index contributed by atoms with van der Waals surface area (Å²) >= 11 is 0. The number of carboxylic acid groups (broad SMARTS) is 1. The molecule has 0 aliphatic heterocycles. The number of halogens is 3. The quantitative estimate of drug-likeness (QED) is 0.192. The van der Waals surface area contributed by atoms with Crippen molar-refractivity contribution in [2.75, 3.05) is 7.11 Å². The van der Waals surface area contributed by atoms with Gasteiger partial charge in [-0.2, -0.15) is 13.2 Å². The van der Waals surface area contributed by atoms with Gasteiger partial charge in [0.05, 0.1) is 7.11 Å². The number of carbonyl (C=O) groups is 3. The molecule has 0 spiro atoms. The zero-order valence-electron chi connectivity index (χ0n) is 20.3. The minimum absolute atomic E-state index is 0.00798. The number of hydrogen-bond acceptors (Lipinski definition) is 5. The minimum Gasteiger partial charge on any atom is -0.497 e. The number of hydrogen-bond donors (Lipinski definition) is 6. The van der Waals surface area contributed by atoms with E-state index in [1.54, 1.807) is 50.6 Å². The number of methoxy groups -OCH3 is 1. The smallest absolute Gasteiger partial charge is 0.490 e. The summed E-state index contributed by atoms with van der Waals surface area (Å²) in [5.41, 5.74) is 9.09. The first-order valence-corrected chi connectivity index (χ1v) is 11.0. The molecular weight excluding hydrogens is 507 g/mol. The summed E-state index contributed by atoms with van der Waals surface area (Å²) in [6.45, 7) is 1.93. The van der Waals surface area contributed by atoms with Gasteiger partial charge in [0, 0.05) is 18.3 Å². The van der Waals surface area contributed by atoms with Crippen LogP contribution in [0.2, 0.25) is 0 Å². The van der Waals surface area contributed by atoms with Crippen LogP contribution in [0.4, 0.5) is 13.2 Å². The van der Waals surface area contributed by atoms with Gasteiger partial charge in [-0.05, 0) is 41.8 Å². The Morgan fingerprint density at radius 3 is 2.16 bits per heavy atom. The molecule has 0 fully saturated rings. The van der Waals surface area contributed by atoms with Gasteiger partial charge in [-0.25, -0.2) is 4.79 Å². The molecule has 3 rings (SSSR count). The topological polar surface area (TPSA) is 170 Å². The molecule has 1 aromatic heterocycles. The van der Waals surface area contributed by atoms with E-state index in [9.17, 15) is 22.8 Å². The number of nitrogens with two attached hydrogens (primary N) is 1. The van der Waals surface area contributed by atoms with Gasteiger partial charge in [0.25, 0.3) is 5.91 Å². The lowest BCUT2D eigenvalue weighted by Crippen LogP contribution is -2.44. The third-order valence-corrected chi connectivity index (χ3v) is 5.07. The van der Waals surface area contributed by atoms with Crippen molar-refractivity contribution in [1.82, 2.24) is 15.6 Å². The lowest BCUT2D eigenvalue weighted by molar-refractivity contribution is -0.192. The fourth-order valence-electron chi connectivity index (χ4n) is 2.96. The van der Waals surface area contributed by atoms with Crippen molar-refractivity contribution in [1.29, 1.82) is 5.41 Å². The zero-order chi connectivity index (χ0) is 28.5. The zero-order valence-corrected chi connectivity index (χ0v) is 20.3. The van der Waals surface area contributed by atoms with Gasteiger partial charge in [0.15, 0.2) is 0 Å². The number of carboxylic acids is 1. The van der Waals surface area contributed by atoms with Gasteiger partial charge in [0.2, 0.25) is 5.91 Å². The Morgan fingerprint density at radius 2 is 1.66 bits per heavy atom. The van der Waals surface area contributed by atoms with Crippen LogP contribution in [-0.4, -0.2) is 53.0 Å². The van der Waals surface area contributed by atoms with Crippen molar-refractivity contribution in [3.8, 4) is 16.9 Å². The molecule has 0 aliphatic carbocycles. The third kappa shape index (κ3) is 8.69. The van der Waals surface area contributed by atoms with Crippen LogP contribution in [0, 0.1) is 5.41 Å². The highest BCUT2D eigenvalue weighted by molar-refractivity contribution is 5.97. The first-order valence-electron chi connectivity index (χ1n) is 11.0. The van der Waals surface area contributed by atoms with Crippen molar-refractivity contribution in [3.63, 3.8) is 0 Å². The molecule has 0 saturated carbocycles. The SMILES string of the molecule is COc1ccc(-c2c[nH]c(C(=O)N[C@@H](C)C(=O)NCc3ccc(C(=N)N)cc3)c2)cc1.O=C(O)C(F)(F)F. The molecule has 1 heterocycles. The molecule has 0 unspecified atom stereocenters. The molecule has 2 aromatic carbocycles. The number of nitrogen functional groups attached to an aromatic ring is 1. The summed E-state index contributed by atoms with van der Waals surface area (Å²) in [4.78, 5) is 36.7. The number of rotatable bonds is 8. The number of benzene rings is 2. The number of carbonyl (C=O) groups excluding carboxylic acids is 2. The van der Waals surface area contributed by atoms with Gasteiger partial charge in [-0.1, -0.05) is 36.4 Å². The lowest BCUT2D eigenvalue weighted by Gasteiger charge is -2.14. The van der Waals surface area contributed by atoms with Crippen LogP contribution in [-0.2, 0) is 16.1 Å². The van der Waals surface area contributed by atoms with Gasteiger partial charge >= 0.3 is 12.1 Å². The molecule has 1 atom stereocenters. The number of aromatic amines is 1. The Bertz CT molecular complexity index is 1270. The second-order valence-electron chi connectivity index (χ2n) is 7.86. The summed E-state index contributed by atoms with van der Waals surface area (Å²) < 4.78 is 36.9. The highest BCUT2D eigenvalue weighted by Gasteiger charge is 2.38. The number of H-pyrrole nitrogens is 1. The van der Waals surface area contributed by atoms with Crippen LogP contribution < -0.4 is 21.1 Å². The van der Waals surface area contributed by atoms with Crippen LogP contribution in [0.5, 0.6) is 5.75 Å². The molecule has 13 heteroatoms. The average molecular weight is 534 g/mol. The first kappa shape index (κ1) is 29.4. The van der Waals surface area contributed by atoms with E-state index in [0.717, 1.165) is 22.4 Å². The van der Waals surface area contributed by atoms with Crippen LogP contribution in [0.1, 0.15) is 28.5 Å². The van der Waals surface area contributed by atoms with E-state index < -0.39 is 18.2 Å². The van der Waals surface area contributed by atoms with Crippen molar-refractivity contribution in [2.45, 2.75) is 25.7 Å². The second kappa shape index (κ2) is 12.9. The number of aliphatic carboxylic acids is 1. The van der Waals surface area contributed by atoms with Gasteiger partial charge in [-0.15, -0.1) is 0 Å². The number of ether oxygens (including phenoxy) is 1. The summed E-state index contributed by atoms with van der Waals surface area (Å²) in [6.07, 6.45) is -3.34. The first-order chi connectivity index (χ1) is 17.8. The molecule has 0 aliphatic rings. The predicted molar refractivity (Wildman–Crippen MR) is 133 cm³/mol. The standard InChI is InChI=1S/C23H25N5O3.C2HF3O2/c1-14(22(29)27-12-15-3-5-17(6-4-15)21(24)25)28-23(30)20-11-18(13-26-20)16-7-9-19(31-2)10-8-16;3-2(4,5)1(6)7/h3-11,13-14,26H,12H2,1-2H3,(H3,24,25)(H,27,29)(H,28,30);(H,6,7)/t14-;/m0./s1.